The first-order chi connectivity index (χ1) is 11.6. The second-order valence-electron chi connectivity index (χ2n) is 6.32. The molecule has 7 nitrogen and oxygen atoms in total. The number of carbonyl (C=O) groups excluding carboxylic acids is 1. The summed E-state index contributed by atoms with van der Waals surface area (Å²) in [6.45, 7) is 2.42. The largest absolute Gasteiger partial charge is 0.481 e. The van der Waals surface area contributed by atoms with Crippen molar-refractivity contribution in [1.82, 2.24) is 9.88 Å². The van der Waals surface area contributed by atoms with E-state index in [2.05, 4.69) is 4.98 Å². The molecule has 24 heavy (non-hydrogen) atoms. The van der Waals surface area contributed by atoms with E-state index in [0.717, 1.165) is 19.3 Å². The summed E-state index contributed by atoms with van der Waals surface area (Å²) in [5.74, 6) is -0.229. The summed E-state index contributed by atoms with van der Waals surface area (Å²) in [6, 6.07) is 3.35. The molecule has 130 valence electrons. The molecule has 2 aliphatic heterocycles. The van der Waals surface area contributed by atoms with Crippen LogP contribution in [0, 0.1) is 5.92 Å². The Kier molecular flexibility index (Phi) is 5.30. The second-order valence-corrected chi connectivity index (χ2v) is 6.32. The summed E-state index contributed by atoms with van der Waals surface area (Å²) in [5.41, 5.74) is 0.551. The zero-order valence-corrected chi connectivity index (χ0v) is 13.5. The van der Waals surface area contributed by atoms with Crippen molar-refractivity contribution in [2.24, 2.45) is 5.92 Å². The molecule has 1 unspecified atom stereocenters. The van der Waals surface area contributed by atoms with Gasteiger partial charge < -0.3 is 19.5 Å². The van der Waals surface area contributed by atoms with Crippen molar-refractivity contribution in [2.45, 2.75) is 31.8 Å². The summed E-state index contributed by atoms with van der Waals surface area (Å²) in [7, 11) is 0. The number of hydrogen-bond acceptors (Lipinski definition) is 5. The zero-order valence-electron chi connectivity index (χ0n) is 13.5. The van der Waals surface area contributed by atoms with Crippen molar-refractivity contribution in [2.75, 3.05) is 26.3 Å². The molecule has 0 bridgehead atoms. The van der Waals surface area contributed by atoms with Crippen LogP contribution in [0.3, 0.4) is 0 Å². The zero-order chi connectivity index (χ0) is 16.9. The van der Waals surface area contributed by atoms with Gasteiger partial charge in [0.1, 0.15) is 6.10 Å². The van der Waals surface area contributed by atoms with E-state index in [0.29, 0.717) is 37.7 Å². The number of pyridine rings is 1. The molecule has 1 aromatic heterocycles. The van der Waals surface area contributed by atoms with E-state index in [1.165, 1.54) is 0 Å². The highest BCUT2D eigenvalue weighted by Crippen LogP contribution is 2.23. The lowest BCUT2D eigenvalue weighted by atomic mass is 9.93. The molecule has 0 aromatic carbocycles. The van der Waals surface area contributed by atoms with Crippen LogP contribution < -0.4 is 4.74 Å². The van der Waals surface area contributed by atoms with E-state index >= 15 is 0 Å². The normalized spacial score (nSPS) is 21.7. The number of aliphatic carboxylic acids is 1. The highest BCUT2D eigenvalue weighted by atomic mass is 16.5. The molecule has 1 N–H and O–H groups in total. The molecule has 1 aromatic rings. The predicted molar refractivity (Wildman–Crippen MR) is 85.0 cm³/mol. The van der Waals surface area contributed by atoms with Gasteiger partial charge in [0.25, 0.3) is 5.91 Å². The van der Waals surface area contributed by atoms with Gasteiger partial charge in [-0.3, -0.25) is 9.59 Å². The molecule has 0 aliphatic carbocycles. The summed E-state index contributed by atoms with van der Waals surface area (Å²) >= 11 is 0. The van der Waals surface area contributed by atoms with Crippen LogP contribution >= 0.6 is 0 Å². The van der Waals surface area contributed by atoms with Crippen LogP contribution in [0.2, 0.25) is 0 Å². The highest BCUT2D eigenvalue weighted by Gasteiger charge is 2.25. The fourth-order valence-electron chi connectivity index (χ4n) is 3.15. The molecule has 0 spiro atoms. The fourth-order valence-corrected chi connectivity index (χ4v) is 3.15. The van der Waals surface area contributed by atoms with Crippen LogP contribution in [-0.2, 0) is 9.53 Å². The molecule has 3 rings (SSSR count). The minimum absolute atomic E-state index is 0.00499. The van der Waals surface area contributed by atoms with Crippen molar-refractivity contribution < 1.29 is 24.2 Å². The molecule has 2 aliphatic rings. The molecule has 2 fully saturated rings. The van der Waals surface area contributed by atoms with E-state index < -0.39 is 5.97 Å². The first kappa shape index (κ1) is 16.7. The maximum atomic E-state index is 12.6. The Labute approximate surface area is 140 Å². The smallest absolute Gasteiger partial charge is 0.303 e. The molecular weight excluding hydrogens is 312 g/mol. The third-order valence-electron chi connectivity index (χ3n) is 4.52. The number of aromatic nitrogens is 1. The van der Waals surface area contributed by atoms with Gasteiger partial charge in [0.05, 0.1) is 13.2 Å². The van der Waals surface area contributed by atoms with Crippen molar-refractivity contribution in [3.63, 3.8) is 0 Å². The van der Waals surface area contributed by atoms with Gasteiger partial charge in [-0.15, -0.1) is 0 Å². The maximum Gasteiger partial charge on any atom is 0.303 e. The minimum atomic E-state index is -0.772. The Hall–Kier alpha value is -2.15. The number of likely N-dealkylation sites (tertiary alicyclic amines) is 1. The molecule has 0 radical (unpaired) electrons. The van der Waals surface area contributed by atoms with E-state index in [9.17, 15) is 9.59 Å². The SMILES string of the molecule is O=C(O)CC1CCN(C(=O)c2ccnc(OC3CCOC3)c2)CC1. The molecule has 2 saturated heterocycles. The molecule has 3 heterocycles. The topological polar surface area (TPSA) is 89.0 Å². The number of carboxylic acids is 1. The predicted octanol–water partition coefficient (Wildman–Crippen LogP) is 1.58. The van der Waals surface area contributed by atoms with Gasteiger partial charge in [-0.05, 0) is 24.8 Å². The number of piperidine rings is 1. The molecule has 1 atom stereocenters. The van der Waals surface area contributed by atoms with Crippen LogP contribution in [0.5, 0.6) is 5.88 Å². The summed E-state index contributed by atoms with van der Waals surface area (Å²) in [6.07, 6.45) is 4.04. The van der Waals surface area contributed by atoms with Gasteiger partial charge in [-0.2, -0.15) is 0 Å². The average molecular weight is 334 g/mol. The van der Waals surface area contributed by atoms with Crippen LogP contribution in [0.25, 0.3) is 0 Å². The first-order valence-electron chi connectivity index (χ1n) is 8.33. The lowest BCUT2D eigenvalue weighted by Gasteiger charge is -2.31. The summed E-state index contributed by atoms with van der Waals surface area (Å²) < 4.78 is 11.0. The lowest BCUT2D eigenvalue weighted by molar-refractivity contribution is -0.138. The number of hydrogen-bond donors (Lipinski definition) is 1. The number of ether oxygens (including phenoxy) is 2. The Bertz CT molecular complexity index is 592. The van der Waals surface area contributed by atoms with Gasteiger partial charge >= 0.3 is 5.97 Å². The van der Waals surface area contributed by atoms with Crippen LogP contribution in [0.1, 0.15) is 36.0 Å². The monoisotopic (exact) mass is 334 g/mol. The third-order valence-corrected chi connectivity index (χ3v) is 4.52. The lowest BCUT2D eigenvalue weighted by Crippen LogP contribution is -2.38. The molecule has 1 amide bonds. The maximum absolute atomic E-state index is 12.6. The second kappa shape index (κ2) is 7.61. The van der Waals surface area contributed by atoms with Gasteiger partial charge in [-0.25, -0.2) is 4.98 Å². The Morgan fingerprint density at radius 2 is 2.12 bits per heavy atom. The fraction of sp³-hybridized carbons (Fsp3) is 0.588. The van der Waals surface area contributed by atoms with E-state index in [1.54, 1.807) is 23.2 Å². The van der Waals surface area contributed by atoms with E-state index in [4.69, 9.17) is 14.6 Å². The Balaban J connectivity index is 1.58. The van der Waals surface area contributed by atoms with Crippen molar-refractivity contribution >= 4 is 11.9 Å². The number of nitrogens with zero attached hydrogens (tertiary/aromatic N) is 2. The van der Waals surface area contributed by atoms with Crippen molar-refractivity contribution in [1.29, 1.82) is 0 Å². The number of carbonyl (C=O) groups is 2. The summed E-state index contributed by atoms with van der Waals surface area (Å²) in [4.78, 5) is 29.3. The number of amides is 1. The summed E-state index contributed by atoms with van der Waals surface area (Å²) in [5, 5.41) is 8.86. The molecule has 7 heteroatoms. The molecular formula is C17H22N2O5. The van der Waals surface area contributed by atoms with E-state index in [-0.39, 0.29) is 24.3 Å². The highest BCUT2D eigenvalue weighted by molar-refractivity contribution is 5.94. The van der Waals surface area contributed by atoms with Crippen LogP contribution in [0.15, 0.2) is 18.3 Å². The number of carboxylic acid groups (broad SMARTS) is 1. The Morgan fingerprint density at radius 3 is 2.79 bits per heavy atom. The van der Waals surface area contributed by atoms with Crippen molar-refractivity contribution in [3.05, 3.63) is 23.9 Å². The number of rotatable bonds is 5. The van der Waals surface area contributed by atoms with Crippen molar-refractivity contribution in [3.8, 4) is 5.88 Å². The van der Waals surface area contributed by atoms with Gasteiger partial charge in [0.2, 0.25) is 5.88 Å². The molecule has 0 saturated carbocycles. The minimum Gasteiger partial charge on any atom is -0.481 e. The standard InChI is InChI=1S/C17H22N2O5/c20-16(21)9-12-2-6-19(7-3-12)17(22)13-1-5-18-15(10-13)24-14-4-8-23-11-14/h1,5,10,12,14H,2-4,6-9,11H2,(H,20,21). The van der Waals surface area contributed by atoms with Gasteiger partial charge in [0.15, 0.2) is 0 Å². The van der Waals surface area contributed by atoms with E-state index in [1.807, 2.05) is 0 Å². The van der Waals surface area contributed by atoms with Gasteiger partial charge in [0, 0.05) is 43.8 Å². The van der Waals surface area contributed by atoms with Crippen LogP contribution in [-0.4, -0.2) is 59.3 Å². The average Bonchev–Trinajstić information content (AvgIpc) is 3.07. The van der Waals surface area contributed by atoms with Gasteiger partial charge in [-0.1, -0.05) is 0 Å². The van der Waals surface area contributed by atoms with Crippen LogP contribution in [0.4, 0.5) is 0 Å². The third kappa shape index (κ3) is 4.23. The first-order valence-corrected chi connectivity index (χ1v) is 8.33. The quantitative estimate of drug-likeness (QED) is 0.879. The Morgan fingerprint density at radius 1 is 1.33 bits per heavy atom.